The molecule has 3 heterocycles. The Kier molecular flexibility index (Phi) is 6.73. The van der Waals surface area contributed by atoms with Crippen molar-refractivity contribution in [2.45, 2.75) is 20.0 Å². The summed E-state index contributed by atoms with van der Waals surface area (Å²) in [7, 11) is 0. The van der Waals surface area contributed by atoms with Gasteiger partial charge in [-0.3, -0.25) is 9.69 Å². The summed E-state index contributed by atoms with van der Waals surface area (Å²) in [6.07, 6.45) is 1.53. The first-order valence-corrected chi connectivity index (χ1v) is 12.4. The molecule has 0 unspecified atom stereocenters. The number of amides is 3. The molecule has 1 saturated heterocycles. The maximum atomic E-state index is 13.2. The van der Waals surface area contributed by atoms with Crippen LogP contribution in [0.1, 0.15) is 26.5 Å². The number of aryl methyl sites for hydroxylation is 1. The van der Waals surface area contributed by atoms with E-state index in [4.69, 9.17) is 0 Å². The molecule has 0 radical (unpaired) electrons. The molecule has 0 spiro atoms. The molecule has 1 aliphatic rings. The van der Waals surface area contributed by atoms with Gasteiger partial charge in [0.05, 0.1) is 12.2 Å². The minimum Gasteiger partial charge on any atom is -0.347 e. The average molecular weight is 502 g/mol. The molecule has 0 saturated carbocycles. The van der Waals surface area contributed by atoms with E-state index in [0.29, 0.717) is 37.6 Å². The average Bonchev–Trinajstić information content (AvgIpc) is 3.46. The minimum absolute atomic E-state index is 0.196. The van der Waals surface area contributed by atoms with E-state index in [1.54, 1.807) is 45.4 Å². The first-order chi connectivity index (χ1) is 17.5. The third-order valence-electron chi connectivity index (χ3n) is 5.99. The summed E-state index contributed by atoms with van der Waals surface area (Å²) >= 11 is 1.56. The number of aromatic nitrogens is 2. The number of thiazole rings is 1. The standard InChI is InChI=1S/C27H24FN5O2S/c1-18-23(36-26(31-18)20-5-3-2-4-6-20)16-30-25(34)21-11-12-29-24(15-21)33-14-13-32(27(33)35)17-19-7-9-22(28)10-8-19/h2-12,15H,13-14,16-17H2,1H3,(H,30,34). The Balaban J connectivity index is 1.23. The van der Waals surface area contributed by atoms with Crippen LogP contribution < -0.4 is 10.2 Å². The summed E-state index contributed by atoms with van der Waals surface area (Å²) in [5, 5.41) is 3.87. The maximum Gasteiger partial charge on any atom is 0.326 e. The van der Waals surface area contributed by atoms with Gasteiger partial charge in [0.2, 0.25) is 0 Å². The van der Waals surface area contributed by atoms with Crippen molar-refractivity contribution in [3.63, 3.8) is 0 Å². The molecule has 36 heavy (non-hydrogen) atoms. The van der Waals surface area contributed by atoms with E-state index in [1.165, 1.54) is 18.3 Å². The molecule has 3 amide bonds. The van der Waals surface area contributed by atoms with Gasteiger partial charge in [-0.25, -0.2) is 19.2 Å². The van der Waals surface area contributed by atoms with Crippen molar-refractivity contribution in [3.8, 4) is 10.6 Å². The Hall–Kier alpha value is -4.11. The molecule has 1 N–H and O–H groups in total. The molecule has 2 aromatic heterocycles. The van der Waals surface area contributed by atoms with Crippen molar-refractivity contribution in [2.24, 2.45) is 0 Å². The Labute approximate surface area is 212 Å². The van der Waals surface area contributed by atoms with Gasteiger partial charge in [-0.15, -0.1) is 11.3 Å². The Morgan fingerprint density at radius 2 is 1.86 bits per heavy atom. The third-order valence-corrected chi connectivity index (χ3v) is 7.20. The van der Waals surface area contributed by atoms with Crippen molar-refractivity contribution < 1.29 is 14.0 Å². The second-order valence-electron chi connectivity index (χ2n) is 8.46. The lowest BCUT2D eigenvalue weighted by Gasteiger charge is -2.18. The fourth-order valence-electron chi connectivity index (χ4n) is 4.02. The molecule has 1 fully saturated rings. The van der Waals surface area contributed by atoms with E-state index in [2.05, 4.69) is 15.3 Å². The molecule has 0 aliphatic carbocycles. The van der Waals surface area contributed by atoms with Crippen molar-refractivity contribution in [1.29, 1.82) is 0 Å². The van der Waals surface area contributed by atoms with Crippen LogP contribution in [0.25, 0.3) is 10.6 Å². The zero-order valence-corrected chi connectivity index (χ0v) is 20.5. The summed E-state index contributed by atoms with van der Waals surface area (Å²) in [6, 6.07) is 19.1. The van der Waals surface area contributed by atoms with Gasteiger partial charge in [-0.2, -0.15) is 0 Å². The number of nitrogens with zero attached hydrogens (tertiary/aromatic N) is 4. The predicted octanol–water partition coefficient (Wildman–Crippen LogP) is 5.02. The van der Waals surface area contributed by atoms with Crippen LogP contribution in [-0.4, -0.2) is 39.9 Å². The smallest absolute Gasteiger partial charge is 0.326 e. The largest absolute Gasteiger partial charge is 0.347 e. The van der Waals surface area contributed by atoms with E-state index >= 15 is 0 Å². The zero-order valence-electron chi connectivity index (χ0n) is 19.6. The van der Waals surface area contributed by atoms with Crippen molar-refractivity contribution in [3.05, 3.63) is 100 Å². The number of nitrogens with one attached hydrogen (secondary N) is 1. The lowest BCUT2D eigenvalue weighted by Crippen LogP contribution is -2.32. The van der Waals surface area contributed by atoms with Crippen LogP contribution in [-0.2, 0) is 13.1 Å². The zero-order chi connectivity index (χ0) is 25.1. The molecule has 1 aliphatic heterocycles. The topological polar surface area (TPSA) is 78.4 Å². The van der Waals surface area contributed by atoms with Crippen LogP contribution in [0.3, 0.4) is 0 Å². The third kappa shape index (κ3) is 5.11. The molecule has 182 valence electrons. The fourth-order valence-corrected chi connectivity index (χ4v) is 5.03. The molecule has 0 atom stereocenters. The van der Waals surface area contributed by atoms with Gasteiger partial charge in [0.1, 0.15) is 16.6 Å². The van der Waals surface area contributed by atoms with Gasteiger partial charge in [0.15, 0.2) is 0 Å². The number of hydrogen-bond acceptors (Lipinski definition) is 5. The number of rotatable bonds is 7. The predicted molar refractivity (Wildman–Crippen MR) is 137 cm³/mol. The molecule has 2 aromatic carbocycles. The van der Waals surface area contributed by atoms with E-state index in [-0.39, 0.29) is 17.8 Å². The number of halogens is 1. The SMILES string of the molecule is Cc1nc(-c2ccccc2)sc1CNC(=O)c1ccnc(N2CCN(Cc3ccc(F)cc3)C2=O)c1. The first-order valence-electron chi connectivity index (χ1n) is 11.5. The van der Waals surface area contributed by atoms with Crippen molar-refractivity contribution >= 4 is 29.1 Å². The second kappa shape index (κ2) is 10.2. The van der Waals surface area contributed by atoms with E-state index in [0.717, 1.165) is 26.7 Å². The van der Waals surface area contributed by atoms with Crippen LogP contribution in [0.4, 0.5) is 15.0 Å². The van der Waals surface area contributed by atoms with E-state index < -0.39 is 0 Å². The first kappa shape index (κ1) is 23.6. The highest BCUT2D eigenvalue weighted by molar-refractivity contribution is 7.15. The van der Waals surface area contributed by atoms with Crippen LogP contribution in [0.5, 0.6) is 0 Å². The number of anilines is 1. The number of carbonyl (C=O) groups is 2. The lowest BCUT2D eigenvalue weighted by molar-refractivity contribution is 0.0951. The minimum atomic E-state index is -0.311. The van der Waals surface area contributed by atoms with Gasteiger partial charge in [0, 0.05) is 41.8 Å². The normalized spacial score (nSPS) is 13.3. The number of carbonyl (C=O) groups excluding carboxylic acids is 2. The number of benzene rings is 2. The number of pyridine rings is 1. The molecule has 7 nitrogen and oxygen atoms in total. The summed E-state index contributed by atoms with van der Waals surface area (Å²) in [5.74, 6) is -0.133. The lowest BCUT2D eigenvalue weighted by atomic mass is 10.2. The number of urea groups is 1. The number of hydrogen-bond donors (Lipinski definition) is 1. The quantitative estimate of drug-likeness (QED) is 0.386. The monoisotopic (exact) mass is 501 g/mol. The molecule has 0 bridgehead atoms. The highest BCUT2D eigenvalue weighted by Gasteiger charge is 2.30. The van der Waals surface area contributed by atoms with Gasteiger partial charge >= 0.3 is 6.03 Å². The summed E-state index contributed by atoms with van der Waals surface area (Å²) < 4.78 is 13.2. The Morgan fingerprint density at radius 3 is 2.64 bits per heavy atom. The molecule has 4 aromatic rings. The highest BCUT2D eigenvalue weighted by Crippen LogP contribution is 2.28. The van der Waals surface area contributed by atoms with Gasteiger partial charge in [-0.05, 0) is 36.8 Å². The van der Waals surface area contributed by atoms with E-state index in [1.807, 2.05) is 37.3 Å². The van der Waals surface area contributed by atoms with Gasteiger partial charge < -0.3 is 10.2 Å². The van der Waals surface area contributed by atoms with Crippen molar-refractivity contribution in [2.75, 3.05) is 18.0 Å². The summed E-state index contributed by atoms with van der Waals surface area (Å²) in [6.45, 7) is 3.66. The van der Waals surface area contributed by atoms with Crippen LogP contribution >= 0.6 is 11.3 Å². The van der Waals surface area contributed by atoms with Crippen LogP contribution in [0.2, 0.25) is 0 Å². The second-order valence-corrected chi connectivity index (χ2v) is 9.54. The molecule has 5 rings (SSSR count). The molecule has 9 heteroatoms. The molecular formula is C27H24FN5O2S. The van der Waals surface area contributed by atoms with E-state index in [9.17, 15) is 14.0 Å². The maximum absolute atomic E-state index is 13.2. The van der Waals surface area contributed by atoms with Crippen LogP contribution in [0.15, 0.2) is 72.9 Å². The van der Waals surface area contributed by atoms with Gasteiger partial charge in [0.25, 0.3) is 5.91 Å². The Bertz CT molecular complexity index is 1390. The molecular weight excluding hydrogens is 477 g/mol. The van der Waals surface area contributed by atoms with Crippen LogP contribution in [0, 0.1) is 12.7 Å². The van der Waals surface area contributed by atoms with Gasteiger partial charge in [-0.1, -0.05) is 42.5 Å². The summed E-state index contributed by atoms with van der Waals surface area (Å²) in [5.41, 5.74) is 3.21. The Morgan fingerprint density at radius 1 is 1.08 bits per heavy atom. The summed E-state index contributed by atoms with van der Waals surface area (Å²) in [4.78, 5) is 39.0. The fraction of sp³-hybridized carbons (Fsp3) is 0.185. The van der Waals surface area contributed by atoms with Crippen molar-refractivity contribution in [1.82, 2.24) is 20.2 Å². The highest BCUT2D eigenvalue weighted by atomic mass is 32.1.